The van der Waals surface area contributed by atoms with E-state index in [1.54, 1.807) is 0 Å². The van der Waals surface area contributed by atoms with E-state index < -0.39 is 0 Å². The molecule has 0 aliphatic rings. The zero-order valence-electron chi connectivity index (χ0n) is 6.10. The molecule has 50 valence electrons. The number of hydrogen-bond acceptors (Lipinski definition) is 2. The molecule has 2 heteroatoms. The summed E-state index contributed by atoms with van der Waals surface area (Å²) in [6.45, 7) is 4.33. The van der Waals surface area contributed by atoms with E-state index >= 15 is 0 Å². The first-order valence-corrected chi connectivity index (χ1v) is 3.42. The van der Waals surface area contributed by atoms with Crippen molar-refractivity contribution in [2.45, 2.75) is 19.4 Å². The van der Waals surface area contributed by atoms with Gasteiger partial charge in [0.1, 0.15) is 0 Å². The second kappa shape index (κ2) is 2.74. The molecule has 8 heavy (non-hydrogen) atoms. The van der Waals surface area contributed by atoms with Gasteiger partial charge in [-0.2, -0.15) is 12.6 Å². The first-order chi connectivity index (χ1) is 3.50. The molecule has 0 unspecified atom stereocenters. The van der Waals surface area contributed by atoms with Gasteiger partial charge >= 0.3 is 0 Å². The maximum absolute atomic E-state index is 4.20. The van der Waals surface area contributed by atoms with Crippen LogP contribution in [0.2, 0.25) is 0 Å². The lowest BCUT2D eigenvalue weighted by atomic mass is 10.1. The van der Waals surface area contributed by atoms with Crippen LogP contribution in [-0.4, -0.2) is 30.3 Å². The molecule has 0 saturated carbocycles. The topological polar surface area (TPSA) is 3.24 Å². The van der Waals surface area contributed by atoms with E-state index in [1.165, 1.54) is 0 Å². The molecule has 0 fully saturated rings. The molecule has 0 aromatic heterocycles. The van der Waals surface area contributed by atoms with Gasteiger partial charge in [-0.25, -0.2) is 0 Å². The van der Waals surface area contributed by atoms with Crippen LogP contribution in [0, 0.1) is 0 Å². The van der Waals surface area contributed by atoms with Gasteiger partial charge in [0.2, 0.25) is 0 Å². The minimum atomic E-state index is 0.239. The minimum absolute atomic E-state index is 0.239. The lowest BCUT2D eigenvalue weighted by Gasteiger charge is -2.30. The van der Waals surface area contributed by atoms with E-state index in [0.717, 1.165) is 5.75 Å². The normalized spacial score (nSPS) is 12.8. The summed E-state index contributed by atoms with van der Waals surface area (Å²) in [5.74, 6) is 0.903. The minimum Gasteiger partial charge on any atom is -0.303 e. The smallest absolute Gasteiger partial charge is 0.0235 e. The first-order valence-electron chi connectivity index (χ1n) is 2.79. The van der Waals surface area contributed by atoms with Crippen LogP contribution in [0.1, 0.15) is 13.8 Å². The second-order valence-electron chi connectivity index (χ2n) is 2.86. The number of hydrogen-bond donors (Lipinski definition) is 1. The van der Waals surface area contributed by atoms with Crippen molar-refractivity contribution in [3.05, 3.63) is 0 Å². The van der Waals surface area contributed by atoms with Gasteiger partial charge in [0, 0.05) is 11.3 Å². The standard InChI is InChI=1S/C6H15NS/c1-6(2,5-8)7(3)4/h8H,5H2,1-4H3. The Morgan fingerprint density at radius 1 is 1.38 bits per heavy atom. The Morgan fingerprint density at radius 3 is 1.75 bits per heavy atom. The molecule has 0 aromatic rings. The van der Waals surface area contributed by atoms with E-state index in [4.69, 9.17) is 0 Å². The van der Waals surface area contributed by atoms with E-state index in [1.807, 2.05) is 0 Å². The maximum atomic E-state index is 4.20. The summed E-state index contributed by atoms with van der Waals surface area (Å²) in [4.78, 5) is 2.17. The van der Waals surface area contributed by atoms with Crippen molar-refractivity contribution in [3.63, 3.8) is 0 Å². The van der Waals surface area contributed by atoms with Gasteiger partial charge in [-0.05, 0) is 27.9 Å². The summed E-state index contributed by atoms with van der Waals surface area (Å²) < 4.78 is 0. The van der Waals surface area contributed by atoms with Gasteiger partial charge in [-0.1, -0.05) is 0 Å². The van der Waals surface area contributed by atoms with Crippen molar-refractivity contribution in [2.75, 3.05) is 19.8 Å². The van der Waals surface area contributed by atoms with Crippen molar-refractivity contribution in [3.8, 4) is 0 Å². The van der Waals surface area contributed by atoms with Gasteiger partial charge in [-0.3, -0.25) is 0 Å². The number of nitrogens with zero attached hydrogens (tertiary/aromatic N) is 1. The van der Waals surface area contributed by atoms with Crippen molar-refractivity contribution >= 4 is 12.6 Å². The summed E-state index contributed by atoms with van der Waals surface area (Å²) in [6.07, 6.45) is 0. The molecule has 0 aliphatic heterocycles. The number of rotatable bonds is 2. The predicted molar refractivity (Wildman–Crippen MR) is 41.6 cm³/mol. The van der Waals surface area contributed by atoms with Crippen LogP contribution in [0.25, 0.3) is 0 Å². The van der Waals surface area contributed by atoms with Gasteiger partial charge in [-0.15, -0.1) is 0 Å². The Hall–Kier alpha value is 0.310. The van der Waals surface area contributed by atoms with Crippen LogP contribution < -0.4 is 0 Å². The van der Waals surface area contributed by atoms with Gasteiger partial charge in [0.05, 0.1) is 0 Å². The summed E-state index contributed by atoms with van der Waals surface area (Å²) in [5.41, 5.74) is 0.239. The van der Waals surface area contributed by atoms with Crippen molar-refractivity contribution in [1.29, 1.82) is 0 Å². The molecule has 1 nitrogen and oxygen atoms in total. The molecular formula is C6H15NS. The Balaban J connectivity index is 3.71. The van der Waals surface area contributed by atoms with Crippen LogP contribution >= 0.6 is 12.6 Å². The molecular weight excluding hydrogens is 118 g/mol. The van der Waals surface area contributed by atoms with Crippen molar-refractivity contribution in [1.82, 2.24) is 4.90 Å². The highest BCUT2D eigenvalue weighted by Crippen LogP contribution is 2.10. The fourth-order valence-corrected chi connectivity index (χ4v) is 0.424. The number of thiol groups is 1. The average molecular weight is 133 g/mol. The molecule has 0 atom stereocenters. The third kappa shape index (κ3) is 2.05. The third-order valence-electron chi connectivity index (χ3n) is 1.60. The van der Waals surface area contributed by atoms with Crippen LogP contribution in [0.3, 0.4) is 0 Å². The fourth-order valence-electron chi connectivity index (χ4n) is 0.141. The largest absolute Gasteiger partial charge is 0.303 e. The highest BCUT2D eigenvalue weighted by atomic mass is 32.1. The Kier molecular flexibility index (Phi) is 2.84. The molecule has 0 heterocycles. The average Bonchev–Trinajstić information content (AvgIpc) is 1.67. The van der Waals surface area contributed by atoms with Crippen molar-refractivity contribution < 1.29 is 0 Å². The molecule has 0 rings (SSSR count). The molecule has 0 radical (unpaired) electrons. The molecule has 0 saturated heterocycles. The summed E-state index contributed by atoms with van der Waals surface area (Å²) in [6, 6.07) is 0. The van der Waals surface area contributed by atoms with Crippen LogP contribution in [0.4, 0.5) is 0 Å². The Morgan fingerprint density at radius 2 is 1.75 bits per heavy atom. The van der Waals surface area contributed by atoms with E-state index in [9.17, 15) is 0 Å². The predicted octanol–water partition coefficient (Wildman–Crippen LogP) is 1.26. The second-order valence-corrected chi connectivity index (χ2v) is 3.18. The zero-order valence-corrected chi connectivity index (χ0v) is 7.00. The SMILES string of the molecule is CN(C)C(C)(C)CS. The van der Waals surface area contributed by atoms with Gasteiger partial charge in [0.25, 0.3) is 0 Å². The molecule has 0 spiro atoms. The summed E-state index contributed by atoms with van der Waals surface area (Å²) in [7, 11) is 4.13. The summed E-state index contributed by atoms with van der Waals surface area (Å²) >= 11 is 4.20. The summed E-state index contributed by atoms with van der Waals surface area (Å²) in [5, 5.41) is 0. The Bertz CT molecular complexity index is 68.9. The maximum Gasteiger partial charge on any atom is 0.0235 e. The molecule has 0 bridgehead atoms. The lowest BCUT2D eigenvalue weighted by molar-refractivity contribution is 0.225. The van der Waals surface area contributed by atoms with Gasteiger partial charge < -0.3 is 4.90 Å². The lowest BCUT2D eigenvalue weighted by Crippen LogP contribution is -2.39. The highest BCUT2D eigenvalue weighted by Gasteiger charge is 2.16. The quantitative estimate of drug-likeness (QED) is 0.555. The monoisotopic (exact) mass is 133 g/mol. The fraction of sp³-hybridized carbons (Fsp3) is 1.00. The van der Waals surface area contributed by atoms with Crippen LogP contribution in [0.5, 0.6) is 0 Å². The van der Waals surface area contributed by atoms with E-state index in [2.05, 4.69) is 45.5 Å². The third-order valence-corrected chi connectivity index (χ3v) is 2.37. The van der Waals surface area contributed by atoms with E-state index in [0.29, 0.717) is 0 Å². The first kappa shape index (κ1) is 8.31. The molecule has 0 amide bonds. The van der Waals surface area contributed by atoms with Crippen LogP contribution in [0.15, 0.2) is 0 Å². The molecule has 0 N–H and O–H groups in total. The molecule has 0 aliphatic carbocycles. The molecule has 0 aromatic carbocycles. The Labute approximate surface area is 57.5 Å². The zero-order chi connectivity index (χ0) is 6.78. The van der Waals surface area contributed by atoms with Crippen molar-refractivity contribution in [2.24, 2.45) is 0 Å². The van der Waals surface area contributed by atoms with E-state index in [-0.39, 0.29) is 5.54 Å². The van der Waals surface area contributed by atoms with Crippen LogP contribution in [-0.2, 0) is 0 Å². The highest BCUT2D eigenvalue weighted by molar-refractivity contribution is 7.80. The van der Waals surface area contributed by atoms with Gasteiger partial charge in [0.15, 0.2) is 0 Å².